The van der Waals surface area contributed by atoms with Gasteiger partial charge >= 0.3 is 0 Å². The lowest BCUT2D eigenvalue weighted by Gasteiger charge is -1.88. The lowest BCUT2D eigenvalue weighted by Crippen LogP contribution is -2.06. The number of aliphatic hydroxyl groups excluding tert-OH is 1. The number of hydrogen-bond donors (Lipinski definition) is 1. The summed E-state index contributed by atoms with van der Waals surface area (Å²) in [6.45, 7) is 2.77. The lowest BCUT2D eigenvalue weighted by molar-refractivity contribution is 0.0897. The quantitative estimate of drug-likeness (QED) is 0.630. The van der Waals surface area contributed by atoms with Gasteiger partial charge in [0, 0.05) is 6.92 Å². The number of nitrogens with zero attached hydrogens (tertiary/aromatic N) is 1. The van der Waals surface area contributed by atoms with E-state index in [-0.39, 0.29) is 5.69 Å². The van der Waals surface area contributed by atoms with Crippen LogP contribution in [0.2, 0.25) is 0 Å². The standard InChI is InChI=1S/C7H9NO3/c1-4-7(6(10)3-9)8-5(2)11-4/h9H,3H2,1-2H3. The molecule has 0 saturated carbocycles. The van der Waals surface area contributed by atoms with Crippen LogP contribution in [0.1, 0.15) is 22.1 Å². The van der Waals surface area contributed by atoms with Crippen LogP contribution in [0.4, 0.5) is 0 Å². The van der Waals surface area contributed by atoms with Crippen molar-refractivity contribution in [1.82, 2.24) is 4.98 Å². The number of Topliss-reactive ketones (excluding diaryl/α,β-unsaturated/α-hetero) is 1. The van der Waals surface area contributed by atoms with Crippen molar-refractivity contribution in [3.05, 3.63) is 17.3 Å². The van der Waals surface area contributed by atoms with Crippen molar-refractivity contribution in [3.63, 3.8) is 0 Å². The van der Waals surface area contributed by atoms with Gasteiger partial charge in [0.05, 0.1) is 0 Å². The third kappa shape index (κ3) is 1.46. The Morgan fingerprint density at radius 3 is 2.64 bits per heavy atom. The smallest absolute Gasteiger partial charge is 0.210 e. The molecule has 11 heavy (non-hydrogen) atoms. The van der Waals surface area contributed by atoms with Gasteiger partial charge in [-0.25, -0.2) is 4.98 Å². The van der Waals surface area contributed by atoms with Gasteiger partial charge in [-0.3, -0.25) is 4.79 Å². The number of carbonyl (C=O) groups excluding carboxylic acids is 1. The summed E-state index contributed by atoms with van der Waals surface area (Å²) in [5.74, 6) is 0.500. The summed E-state index contributed by atoms with van der Waals surface area (Å²) >= 11 is 0. The molecule has 0 aliphatic rings. The van der Waals surface area contributed by atoms with Gasteiger partial charge in [-0.2, -0.15) is 0 Å². The van der Waals surface area contributed by atoms with Crippen molar-refractivity contribution in [2.75, 3.05) is 6.61 Å². The van der Waals surface area contributed by atoms with E-state index in [1.165, 1.54) is 0 Å². The molecule has 4 nitrogen and oxygen atoms in total. The monoisotopic (exact) mass is 155 g/mol. The molecule has 0 spiro atoms. The van der Waals surface area contributed by atoms with E-state index < -0.39 is 12.4 Å². The maximum atomic E-state index is 10.9. The second kappa shape index (κ2) is 2.84. The highest BCUT2D eigenvalue weighted by Crippen LogP contribution is 2.08. The highest BCUT2D eigenvalue weighted by Gasteiger charge is 2.13. The summed E-state index contributed by atoms with van der Waals surface area (Å²) in [6.07, 6.45) is 0. The van der Waals surface area contributed by atoms with Crippen LogP contribution in [0.15, 0.2) is 4.42 Å². The number of hydrogen-bond acceptors (Lipinski definition) is 4. The van der Waals surface area contributed by atoms with Crippen LogP contribution in [0, 0.1) is 13.8 Å². The molecule has 1 rings (SSSR count). The lowest BCUT2D eigenvalue weighted by atomic mass is 10.3. The molecule has 1 aromatic heterocycles. The van der Waals surface area contributed by atoms with E-state index in [1.54, 1.807) is 13.8 Å². The Kier molecular flexibility index (Phi) is 2.05. The number of carbonyl (C=O) groups is 1. The molecular weight excluding hydrogens is 146 g/mol. The molecule has 1 N–H and O–H groups in total. The van der Waals surface area contributed by atoms with Crippen molar-refractivity contribution in [2.45, 2.75) is 13.8 Å². The Bertz CT molecular complexity index is 277. The van der Waals surface area contributed by atoms with E-state index in [4.69, 9.17) is 9.52 Å². The zero-order valence-electron chi connectivity index (χ0n) is 6.42. The average Bonchev–Trinajstić information content (AvgIpc) is 2.28. The second-order valence-electron chi connectivity index (χ2n) is 2.22. The molecule has 0 fully saturated rings. The minimum absolute atomic E-state index is 0.227. The van der Waals surface area contributed by atoms with Crippen LogP contribution in [0.25, 0.3) is 0 Å². The Labute approximate surface area is 63.9 Å². The molecule has 0 bridgehead atoms. The van der Waals surface area contributed by atoms with E-state index in [2.05, 4.69) is 4.98 Å². The van der Waals surface area contributed by atoms with Gasteiger partial charge in [0.2, 0.25) is 5.78 Å². The number of rotatable bonds is 2. The van der Waals surface area contributed by atoms with Crippen LogP contribution in [-0.4, -0.2) is 22.5 Å². The molecule has 0 atom stereocenters. The van der Waals surface area contributed by atoms with Crippen LogP contribution in [-0.2, 0) is 0 Å². The number of aromatic nitrogens is 1. The van der Waals surface area contributed by atoms with Gasteiger partial charge in [0.15, 0.2) is 11.6 Å². The van der Waals surface area contributed by atoms with Crippen molar-refractivity contribution in [1.29, 1.82) is 0 Å². The molecule has 0 amide bonds. The van der Waals surface area contributed by atoms with Crippen LogP contribution in [0.5, 0.6) is 0 Å². The van der Waals surface area contributed by atoms with E-state index >= 15 is 0 Å². The molecule has 0 unspecified atom stereocenters. The fraction of sp³-hybridized carbons (Fsp3) is 0.429. The number of ketones is 1. The second-order valence-corrected chi connectivity index (χ2v) is 2.22. The highest BCUT2D eigenvalue weighted by atomic mass is 16.4. The van der Waals surface area contributed by atoms with E-state index in [9.17, 15) is 4.79 Å². The van der Waals surface area contributed by atoms with E-state index in [1.807, 2.05) is 0 Å². The van der Waals surface area contributed by atoms with Gasteiger partial charge in [-0.1, -0.05) is 0 Å². The Hall–Kier alpha value is -1.16. The maximum absolute atomic E-state index is 10.9. The van der Waals surface area contributed by atoms with Crippen molar-refractivity contribution in [3.8, 4) is 0 Å². The molecule has 0 saturated heterocycles. The maximum Gasteiger partial charge on any atom is 0.210 e. The molecule has 1 heterocycles. The van der Waals surface area contributed by atoms with Gasteiger partial charge in [0.25, 0.3) is 0 Å². The summed E-state index contributed by atoms with van der Waals surface area (Å²) in [5.41, 5.74) is 0.227. The zero-order valence-corrected chi connectivity index (χ0v) is 6.42. The van der Waals surface area contributed by atoms with Crippen LogP contribution < -0.4 is 0 Å². The highest BCUT2D eigenvalue weighted by molar-refractivity contribution is 5.95. The van der Waals surface area contributed by atoms with Gasteiger partial charge in [-0.05, 0) is 6.92 Å². The summed E-state index contributed by atoms with van der Waals surface area (Å²) < 4.78 is 4.99. The molecule has 1 aromatic rings. The fourth-order valence-corrected chi connectivity index (χ4v) is 0.862. The van der Waals surface area contributed by atoms with Crippen molar-refractivity contribution in [2.24, 2.45) is 0 Å². The van der Waals surface area contributed by atoms with E-state index in [0.717, 1.165) is 0 Å². The van der Waals surface area contributed by atoms with E-state index in [0.29, 0.717) is 11.7 Å². The van der Waals surface area contributed by atoms with Crippen molar-refractivity contribution >= 4 is 5.78 Å². The van der Waals surface area contributed by atoms with Crippen LogP contribution in [0.3, 0.4) is 0 Å². The molecule has 0 aliphatic heterocycles. The van der Waals surface area contributed by atoms with Crippen LogP contribution >= 0.6 is 0 Å². The summed E-state index contributed by atoms with van der Waals surface area (Å²) in [4.78, 5) is 14.7. The minimum atomic E-state index is -0.521. The first kappa shape index (κ1) is 7.94. The molecule has 4 heteroatoms. The Morgan fingerprint density at radius 2 is 2.27 bits per heavy atom. The zero-order chi connectivity index (χ0) is 8.43. The van der Waals surface area contributed by atoms with Gasteiger partial charge in [-0.15, -0.1) is 0 Å². The predicted molar refractivity (Wildman–Crippen MR) is 37.4 cm³/mol. The topological polar surface area (TPSA) is 63.3 Å². The number of oxazole rings is 1. The Balaban J connectivity index is 3.03. The third-order valence-corrected chi connectivity index (χ3v) is 1.31. The predicted octanol–water partition coefficient (Wildman–Crippen LogP) is 0.466. The first-order chi connectivity index (χ1) is 5.15. The molecule has 0 aliphatic carbocycles. The molecule has 60 valence electrons. The largest absolute Gasteiger partial charge is 0.446 e. The van der Waals surface area contributed by atoms with Crippen molar-refractivity contribution < 1.29 is 14.3 Å². The molecule has 0 radical (unpaired) electrons. The fourth-order valence-electron chi connectivity index (χ4n) is 0.862. The number of aryl methyl sites for hydroxylation is 2. The minimum Gasteiger partial charge on any atom is -0.446 e. The average molecular weight is 155 g/mol. The summed E-state index contributed by atoms with van der Waals surface area (Å²) in [5, 5.41) is 8.49. The first-order valence-corrected chi connectivity index (χ1v) is 3.23. The molecule has 0 aromatic carbocycles. The van der Waals surface area contributed by atoms with Gasteiger partial charge < -0.3 is 9.52 Å². The normalized spacial score (nSPS) is 10.1. The van der Waals surface area contributed by atoms with Gasteiger partial charge in [0.1, 0.15) is 12.4 Å². The summed E-state index contributed by atoms with van der Waals surface area (Å²) in [7, 11) is 0. The Morgan fingerprint density at radius 1 is 1.64 bits per heavy atom. The summed E-state index contributed by atoms with van der Waals surface area (Å²) in [6, 6.07) is 0. The first-order valence-electron chi connectivity index (χ1n) is 3.23. The number of aliphatic hydroxyl groups is 1. The third-order valence-electron chi connectivity index (χ3n) is 1.31. The SMILES string of the molecule is Cc1nc(C(=O)CO)c(C)o1. The molecular formula is C7H9NO3.